The molecule has 2 atom stereocenters. The molecule has 1 heterocycles. The fourth-order valence-electron chi connectivity index (χ4n) is 2.75. The molecule has 0 bridgehead atoms. The molecule has 1 amide bonds. The van der Waals surface area contributed by atoms with E-state index in [1.807, 2.05) is 42.7 Å². The van der Waals surface area contributed by atoms with Crippen LogP contribution in [-0.2, 0) is 11.3 Å². The Morgan fingerprint density at radius 2 is 1.96 bits per heavy atom. The molecule has 1 fully saturated rings. The van der Waals surface area contributed by atoms with Gasteiger partial charge in [-0.25, -0.2) is 10.9 Å². The molecule has 2 unspecified atom stereocenters. The molecule has 1 aliphatic heterocycles. The zero-order valence-electron chi connectivity index (χ0n) is 13.4. The van der Waals surface area contributed by atoms with Gasteiger partial charge in [-0.05, 0) is 42.0 Å². The maximum atomic E-state index is 12.4. The summed E-state index contributed by atoms with van der Waals surface area (Å²) < 4.78 is 0. The van der Waals surface area contributed by atoms with Crippen LogP contribution >= 0.6 is 23.4 Å². The molecule has 2 aromatic rings. The van der Waals surface area contributed by atoms with Crippen molar-refractivity contribution in [2.24, 2.45) is 0 Å². The van der Waals surface area contributed by atoms with E-state index in [1.54, 1.807) is 11.8 Å². The Morgan fingerprint density at radius 1 is 1.21 bits per heavy atom. The Labute approximate surface area is 151 Å². The second-order valence-corrected chi connectivity index (χ2v) is 7.00. The summed E-state index contributed by atoms with van der Waals surface area (Å²) in [5.41, 5.74) is 8.32. The molecule has 0 saturated carbocycles. The maximum Gasteiger partial charge on any atom is 0.238 e. The minimum absolute atomic E-state index is 0.00834. The molecule has 3 rings (SSSR count). The van der Waals surface area contributed by atoms with Gasteiger partial charge < -0.3 is 5.32 Å². The van der Waals surface area contributed by atoms with Gasteiger partial charge in [0, 0.05) is 22.5 Å². The number of halogens is 1. The van der Waals surface area contributed by atoms with Crippen LogP contribution in [-0.4, -0.2) is 18.2 Å². The Bertz CT molecular complexity index is 708. The van der Waals surface area contributed by atoms with Crippen molar-refractivity contribution in [1.29, 1.82) is 0 Å². The van der Waals surface area contributed by atoms with Gasteiger partial charge in [0.2, 0.25) is 5.91 Å². The highest BCUT2D eigenvalue weighted by Crippen LogP contribution is 2.28. The highest BCUT2D eigenvalue weighted by atomic mass is 35.5. The van der Waals surface area contributed by atoms with Crippen LogP contribution in [0.15, 0.2) is 53.4 Å². The van der Waals surface area contributed by atoms with Crippen molar-refractivity contribution < 1.29 is 4.79 Å². The third-order valence-corrected chi connectivity index (χ3v) is 5.21. The van der Waals surface area contributed by atoms with E-state index in [4.69, 9.17) is 11.6 Å². The fraction of sp³-hybridized carbons (Fsp3) is 0.278. The van der Waals surface area contributed by atoms with Crippen LogP contribution in [0.25, 0.3) is 0 Å². The van der Waals surface area contributed by atoms with Gasteiger partial charge in [-0.2, -0.15) is 0 Å². The van der Waals surface area contributed by atoms with Gasteiger partial charge in [0.1, 0.15) is 6.04 Å². The Hall–Kier alpha value is -1.53. The van der Waals surface area contributed by atoms with Crippen LogP contribution in [0.5, 0.6) is 0 Å². The molecular weight excluding hydrogens is 342 g/mol. The van der Waals surface area contributed by atoms with E-state index in [-0.39, 0.29) is 18.0 Å². The zero-order chi connectivity index (χ0) is 16.9. The van der Waals surface area contributed by atoms with E-state index < -0.39 is 0 Å². The predicted octanol–water partition coefficient (Wildman–Crippen LogP) is 3.29. The number of carbonyl (C=O) groups excluding carboxylic acids is 1. The number of nitrogens with one attached hydrogen (secondary N) is 3. The summed E-state index contributed by atoms with van der Waals surface area (Å²) in [5, 5.41) is 3.70. The summed E-state index contributed by atoms with van der Waals surface area (Å²) in [6.45, 7) is 0.530. The quantitative estimate of drug-likeness (QED) is 0.715. The summed E-state index contributed by atoms with van der Waals surface area (Å²) in [7, 11) is 0. The van der Waals surface area contributed by atoms with E-state index in [1.165, 1.54) is 4.90 Å². The normalized spacial score (nSPS) is 20.1. The van der Waals surface area contributed by atoms with E-state index in [0.29, 0.717) is 18.0 Å². The first-order valence-electron chi connectivity index (χ1n) is 7.83. The van der Waals surface area contributed by atoms with Crippen molar-refractivity contribution in [3.63, 3.8) is 0 Å². The number of hydrogen-bond donors (Lipinski definition) is 3. The van der Waals surface area contributed by atoms with Gasteiger partial charge in [-0.1, -0.05) is 41.9 Å². The Morgan fingerprint density at radius 3 is 2.67 bits per heavy atom. The van der Waals surface area contributed by atoms with E-state index in [0.717, 1.165) is 11.1 Å². The zero-order valence-corrected chi connectivity index (χ0v) is 15.0. The van der Waals surface area contributed by atoms with E-state index in [9.17, 15) is 4.79 Å². The monoisotopic (exact) mass is 361 g/mol. The fourth-order valence-corrected chi connectivity index (χ4v) is 3.42. The van der Waals surface area contributed by atoms with Crippen molar-refractivity contribution in [3.05, 3.63) is 64.7 Å². The number of carbonyl (C=O) groups is 1. The van der Waals surface area contributed by atoms with Crippen molar-refractivity contribution in [2.75, 3.05) is 6.26 Å². The second kappa shape index (κ2) is 8.03. The lowest BCUT2D eigenvalue weighted by atomic mass is 10.0. The van der Waals surface area contributed by atoms with Crippen LogP contribution in [0, 0.1) is 0 Å². The van der Waals surface area contributed by atoms with Crippen LogP contribution in [0.4, 0.5) is 0 Å². The molecule has 0 radical (unpaired) electrons. The molecule has 126 valence electrons. The van der Waals surface area contributed by atoms with Gasteiger partial charge in [0.25, 0.3) is 0 Å². The topological polar surface area (TPSA) is 53.2 Å². The smallest absolute Gasteiger partial charge is 0.238 e. The Kier molecular flexibility index (Phi) is 5.79. The van der Waals surface area contributed by atoms with Crippen molar-refractivity contribution in [1.82, 2.24) is 16.2 Å². The summed E-state index contributed by atoms with van der Waals surface area (Å²) in [6, 6.07) is 15.7. The molecule has 24 heavy (non-hydrogen) atoms. The van der Waals surface area contributed by atoms with Gasteiger partial charge in [-0.15, -0.1) is 11.8 Å². The highest BCUT2D eigenvalue weighted by molar-refractivity contribution is 7.98. The number of hydrogen-bond acceptors (Lipinski definition) is 4. The second-order valence-electron chi connectivity index (χ2n) is 5.72. The van der Waals surface area contributed by atoms with Crippen molar-refractivity contribution in [2.45, 2.75) is 29.9 Å². The molecule has 4 nitrogen and oxygen atoms in total. The molecule has 0 aliphatic carbocycles. The molecule has 6 heteroatoms. The third-order valence-electron chi connectivity index (χ3n) is 4.13. The van der Waals surface area contributed by atoms with Crippen molar-refractivity contribution >= 4 is 29.3 Å². The first-order valence-corrected chi connectivity index (χ1v) is 9.44. The summed E-state index contributed by atoms with van der Waals surface area (Å²) >= 11 is 7.93. The van der Waals surface area contributed by atoms with Crippen molar-refractivity contribution in [3.8, 4) is 0 Å². The standard InChI is InChI=1S/C18H20ClN3OS/c1-24-13-8-6-12(7-9-13)11-20-18(23)17-10-16(21-22-17)14-4-2-3-5-15(14)19/h2-9,16-17,21-22H,10-11H2,1H3,(H,20,23). The minimum atomic E-state index is -0.267. The maximum absolute atomic E-state index is 12.4. The van der Waals surface area contributed by atoms with Gasteiger partial charge in [-0.3, -0.25) is 4.79 Å². The lowest BCUT2D eigenvalue weighted by molar-refractivity contribution is -0.123. The van der Waals surface area contributed by atoms with Crippen LogP contribution in [0.3, 0.4) is 0 Å². The molecule has 1 aliphatic rings. The lowest BCUT2D eigenvalue weighted by Gasteiger charge is -2.12. The molecule has 1 saturated heterocycles. The third kappa shape index (κ3) is 4.11. The van der Waals surface area contributed by atoms with Crippen LogP contribution < -0.4 is 16.2 Å². The van der Waals surface area contributed by atoms with Crippen LogP contribution in [0.1, 0.15) is 23.6 Å². The highest BCUT2D eigenvalue weighted by Gasteiger charge is 2.30. The number of amides is 1. The number of thioether (sulfide) groups is 1. The SMILES string of the molecule is CSc1ccc(CNC(=O)C2CC(c3ccccc3Cl)NN2)cc1. The number of benzene rings is 2. The molecule has 0 spiro atoms. The van der Waals surface area contributed by atoms with Gasteiger partial charge in [0.05, 0.1) is 0 Å². The molecular formula is C18H20ClN3OS. The lowest BCUT2D eigenvalue weighted by Crippen LogP contribution is -2.42. The predicted molar refractivity (Wildman–Crippen MR) is 98.9 cm³/mol. The van der Waals surface area contributed by atoms with Gasteiger partial charge >= 0.3 is 0 Å². The van der Waals surface area contributed by atoms with Gasteiger partial charge in [0.15, 0.2) is 0 Å². The van der Waals surface area contributed by atoms with E-state index >= 15 is 0 Å². The largest absolute Gasteiger partial charge is 0.351 e. The summed E-state index contributed by atoms with van der Waals surface area (Å²) in [5.74, 6) is -0.00834. The average molecular weight is 362 g/mol. The summed E-state index contributed by atoms with van der Waals surface area (Å²) in [6.07, 6.45) is 2.71. The number of hydrazine groups is 1. The molecule has 0 aromatic heterocycles. The molecule has 3 N–H and O–H groups in total. The first-order chi connectivity index (χ1) is 11.7. The Balaban J connectivity index is 1.53. The summed E-state index contributed by atoms with van der Waals surface area (Å²) in [4.78, 5) is 13.6. The average Bonchev–Trinajstić information content (AvgIpc) is 3.10. The van der Waals surface area contributed by atoms with E-state index in [2.05, 4.69) is 28.3 Å². The minimum Gasteiger partial charge on any atom is -0.351 e. The number of rotatable bonds is 5. The first kappa shape index (κ1) is 17.3. The van der Waals surface area contributed by atoms with Crippen LogP contribution in [0.2, 0.25) is 5.02 Å². The molecule has 2 aromatic carbocycles.